The summed E-state index contributed by atoms with van der Waals surface area (Å²) in [5, 5.41) is 5.44. The maximum atomic E-state index is 4.36. The van der Waals surface area contributed by atoms with Gasteiger partial charge in [0.15, 0.2) is 0 Å². The van der Waals surface area contributed by atoms with Crippen LogP contribution in [0.25, 0.3) is 22.0 Å². The zero-order valence-electron chi connectivity index (χ0n) is 8.05. The summed E-state index contributed by atoms with van der Waals surface area (Å²) in [5.41, 5.74) is 3.57. The molecule has 2 aromatic heterocycles. The van der Waals surface area contributed by atoms with E-state index >= 15 is 0 Å². The molecule has 0 saturated carbocycles. The molecule has 15 heavy (non-hydrogen) atoms. The second-order valence-corrected chi connectivity index (χ2v) is 4.20. The van der Waals surface area contributed by atoms with Crippen LogP contribution in [0.4, 0.5) is 0 Å². The highest BCUT2D eigenvalue weighted by atomic mass is 32.1. The van der Waals surface area contributed by atoms with Crippen molar-refractivity contribution in [2.45, 2.75) is 0 Å². The van der Waals surface area contributed by atoms with E-state index in [2.05, 4.69) is 46.1 Å². The summed E-state index contributed by atoms with van der Waals surface area (Å²) in [5.74, 6) is 0. The highest BCUT2D eigenvalue weighted by molar-refractivity contribution is 7.08. The van der Waals surface area contributed by atoms with Crippen LogP contribution >= 0.6 is 11.3 Å². The van der Waals surface area contributed by atoms with Crippen LogP contribution in [0, 0.1) is 0 Å². The molecule has 0 amide bonds. The fraction of sp³-hybridized carbons (Fsp3) is 0. The normalized spacial score (nSPS) is 10.7. The lowest BCUT2D eigenvalue weighted by Crippen LogP contribution is -1.79. The molecule has 0 radical (unpaired) electrons. The minimum Gasteiger partial charge on any atom is -0.256 e. The molecule has 1 aromatic carbocycles. The second-order valence-electron chi connectivity index (χ2n) is 3.42. The molecular weight excluding hydrogens is 202 g/mol. The molecule has 0 atom stereocenters. The number of fused-ring (bicyclic) bond motifs is 1. The van der Waals surface area contributed by atoms with Crippen molar-refractivity contribution in [1.29, 1.82) is 0 Å². The molecule has 0 aliphatic heterocycles. The highest BCUT2D eigenvalue weighted by Crippen LogP contribution is 2.24. The smallest absolute Gasteiger partial charge is 0.0708 e. The largest absolute Gasteiger partial charge is 0.256 e. The van der Waals surface area contributed by atoms with Crippen LogP contribution in [0.2, 0.25) is 0 Å². The first-order chi connectivity index (χ1) is 7.43. The van der Waals surface area contributed by atoms with Crippen molar-refractivity contribution in [3.05, 3.63) is 53.4 Å². The van der Waals surface area contributed by atoms with Crippen molar-refractivity contribution in [3.63, 3.8) is 0 Å². The van der Waals surface area contributed by atoms with Gasteiger partial charge in [0.25, 0.3) is 0 Å². The number of pyridine rings is 1. The van der Waals surface area contributed by atoms with Gasteiger partial charge in [-0.25, -0.2) is 0 Å². The van der Waals surface area contributed by atoms with Crippen LogP contribution in [0.3, 0.4) is 0 Å². The number of nitrogens with zero attached hydrogens (tertiary/aromatic N) is 1. The molecule has 3 aromatic rings. The number of hydrogen-bond acceptors (Lipinski definition) is 2. The summed E-state index contributed by atoms with van der Waals surface area (Å²) in [4.78, 5) is 4.36. The third kappa shape index (κ3) is 1.53. The van der Waals surface area contributed by atoms with Crippen LogP contribution in [0.15, 0.2) is 53.4 Å². The molecule has 0 N–H and O–H groups in total. The molecule has 0 saturated heterocycles. The SMILES string of the molecule is c1cnc2cc(-c3ccsc3)ccc2c1. The third-order valence-electron chi connectivity index (χ3n) is 2.46. The van der Waals surface area contributed by atoms with Gasteiger partial charge in [-0.05, 0) is 40.1 Å². The number of rotatable bonds is 1. The Kier molecular flexibility index (Phi) is 2.00. The highest BCUT2D eigenvalue weighted by Gasteiger charge is 1.99. The lowest BCUT2D eigenvalue weighted by atomic mass is 10.1. The Balaban J connectivity index is 2.22. The van der Waals surface area contributed by atoms with Crippen molar-refractivity contribution < 1.29 is 0 Å². The first-order valence-corrected chi connectivity index (χ1v) is 5.75. The lowest BCUT2D eigenvalue weighted by molar-refractivity contribution is 1.41. The quantitative estimate of drug-likeness (QED) is 0.593. The zero-order chi connectivity index (χ0) is 10.1. The Morgan fingerprint density at radius 1 is 1.00 bits per heavy atom. The van der Waals surface area contributed by atoms with Crippen LogP contribution in [-0.4, -0.2) is 4.98 Å². The molecule has 1 nitrogen and oxygen atoms in total. The van der Waals surface area contributed by atoms with Crippen molar-refractivity contribution in [3.8, 4) is 11.1 Å². The Bertz CT molecular complexity index is 584. The van der Waals surface area contributed by atoms with Gasteiger partial charge in [-0.2, -0.15) is 11.3 Å². The van der Waals surface area contributed by atoms with Gasteiger partial charge in [-0.15, -0.1) is 0 Å². The number of aromatic nitrogens is 1. The predicted molar refractivity (Wildman–Crippen MR) is 65.1 cm³/mol. The maximum Gasteiger partial charge on any atom is 0.0708 e. The number of hydrogen-bond donors (Lipinski definition) is 0. The average molecular weight is 211 g/mol. The first-order valence-electron chi connectivity index (χ1n) is 4.81. The summed E-state index contributed by atoms with van der Waals surface area (Å²) in [6.45, 7) is 0. The van der Waals surface area contributed by atoms with E-state index in [4.69, 9.17) is 0 Å². The molecule has 2 heterocycles. The van der Waals surface area contributed by atoms with E-state index in [0.29, 0.717) is 0 Å². The van der Waals surface area contributed by atoms with Gasteiger partial charge < -0.3 is 0 Å². The van der Waals surface area contributed by atoms with Gasteiger partial charge >= 0.3 is 0 Å². The molecule has 72 valence electrons. The third-order valence-corrected chi connectivity index (χ3v) is 3.14. The summed E-state index contributed by atoms with van der Waals surface area (Å²) in [7, 11) is 0. The molecule has 0 aliphatic carbocycles. The fourth-order valence-electron chi connectivity index (χ4n) is 1.67. The van der Waals surface area contributed by atoms with E-state index in [1.807, 2.05) is 12.3 Å². The van der Waals surface area contributed by atoms with E-state index in [1.165, 1.54) is 16.5 Å². The summed E-state index contributed by atoms with van der Waals surface area (Å²) >= 11 is 1.72. The van der Waals surface area contributed by atoms with Gasteiger partial charge in [0.2, 0.25) is 0 Å². The summed E-state index contributed by atoms with van der Waals surface area (Å²) < 4.78 is 0. The molecular formula is C13H9NS. The van der Waals surface area contributed by atoms with Gasteiger partial charge in [-0.1, -0.05) is 18.2 Å². The van der Waals surface area contributed by atoms with Crippen molar-refractivity contribution in [2.24, 2.45) is 0 Å². The Morgan fingerprint density at radius 2 is 2.00 bits per heavy atom. The Hall–Kier alpha value is -1.67. The Labute approximate surface area is 92.0 Å². The standard InChI is InChI=1S/C13H9NS/c1-2-10-3-4-11(8-13(10)14-6-1)12-5-7-15-9-12/h1-9H. The van der Waals surface area contributed by atoms with Crippen LogP contribution < -0.4 is 0 Å². The van der Waals surface area contributed by atoms with Gasteiger partial charge in [-0.3, -0.25) is 4.98 Å². The number of benzene rings is 1. The first kappa shape index (κ1) is 8.62. The predicted octanol–water partition coefficient (Wildman–Crippen LogP) is 3.96. The van der Waals surface area contributed by atoms with Gasteiger partial charge in [0, 0.05) is 11.6 Å². The molecule has 2 heteroatoms. The molecule has 0 aliphatic rings. The van der Waals surface area contributed by atoms with E-state index in [9.17, 15) is 0 Å². The fourth-order valence-corrected chi connectivity index (χ4v) is 2.34. The second kappa shape index (κ2) is 3.48. The van der Waals surface area contributed by atoms with E-state index in [0.717, 1.165) is 5.52 Å². The van der Waals surface area contributed by atoms with Crippen molar-refractivity contribution >= 4 is 22.2 Å². The molecule has 0 bridgehead atoms. The minimum absolute atomic E-state index is 1.06. The summed E-state index contributed by atoms with van der Waals surface area (Å²) in [6.07, 6.45) is 1.83. The van der Waals surface area contributed by atoms with Crippen LogP contribution in [0.1, 0.15) is 0 Å². The van der Waals surface area contributed by atoms with E-state index in [-0.39, 0.29) is 0 Å². The molecule has 0 spiro atoms. The zero-order valence-corrected chi connectivity index (χ0v) is 8.87. The molecule has 0 fully saturated rings. The van der Waals surface area contributed by atoms with Gasteiger partial charge in [0.05, 0.1) is 5.52 Å². The van der Waals surface area contributed by atoms with Crippen LogP contribution in [0.5, 0.6) is 0 Å². The van der Waals surface area contributed by atoms with E-state index in [1.54, 1.807) is 11.3 Å². The topological polar surface area (TPSA) is 12.9 Å². The van der Waals surface area contributed by atoms with Crippen LogP contribution in [-0.2, 0) is 0 Å². The van der Waals surface area contributed by atoms with Crippen molar-refractivity contribution in [2.75, 3.05) is 0 Å². The summed E-state index contributed by atoms with van der Waals surface area (Å²) in [6, 6.07) is 12.6. The lowest BCUT2D eigenvalue weighted by Gasteiger charge is -2.00. The number of thiophene rings is 1. The molecule has 0 unspecified atom stereocenters. The monoisotopic (exact) mass is 211 g/mol. The maximum absolute atomic E-state index is 4.36. The van der Waals surface area contributed by atoms with Crippen molar-refractivity contribution in [1.82, 2.24) is 4.98 Å². The Morgan fingerprint density at radius 3 is 2.87 bits per heavy atom. The molecule has 3 rings (SSSR count). The van der Waals surface area contributed by atoms with Gasteiger partial charge in [0.1, 0.15) is 0 Å². The average Bonchev–Trinajstić information content (AvgIpc) is 2.82. The van der Waals surface area contributed by atoms with E-state index < -0.39 is 0 Å². The minimum atomic E-state index is 1.06.